The van der Waals surface area contributed by atoms with Crippen molar-refractivity contribution in [2.45, 2.75) is 19.3 Å². The number of carbonyl (C=O) groups excluding carboxylic acids is 1. The fraction of sp³-hybridized carbons (Fsp3) is 0.190. The molecule has 2 aromatic carbocycles. The Labute approximate surface area is 160 Å². The molecule has 1 N–H and O–H groups in total. The molecule has 3 aromatic rings. The molecular weight excluding hydrogens is 368 g/mol. The van der Waals surface area contributed by atoms with E-state index < -0.39 is 0 Å². The van der Waals surface area contributed by atoms with Crippen molar-refractivity contribution >= 4 is 38.8 Å². The van der Waals surface area contributed by atoms with Crippen LogP contribution in [0.15, 0.2) is 54.3 Å². The van der Waals surface area contributed by atoms with Crippen molar-refractivity contribution in [3.63, 3.8) is 0 Å². The van der Waals surface area contributed by atoms with Crippen LogP contribution < -0.4 is 0 Å². The molecule has 1 aromatic heterocycles. The summed E-state index contributed by atoms with van der Waals surface area (Å²) in [6.07, 6.45) is 4.75. The summed E-state index contributed by atoms with van der Waals surface area (Å²) in [6.45, 7) is 0.730. The zero-order chi connectivity index (χ0) is 18.1. The molecule has 3 nitrogen and oxygen atoms in total. The Morgan fingerprint density at radius 2 is 2.08 bits per heavy atom. The number of thiophene rings is 1. The molecule has 132 valence electrons. The number of benzene rings is 2. The largest absolute Gasteiger partial charge is 0.508 e. The van der Waals surface area contributed by atoms with Gasteiger partial charge in [-0.25, -0.2) is 0 Å². The highest BCUT2D eigenvalue weighted by atomic mass is 35.5. The monoisotopic (exact) mass is 384 g/mol. The van der Waals surface area contributed by atoms with Gasteiger partial charge in [-0.3, -0.25) is 4.79 Å². The summed E-state index contributed by atoms with van der Waals surface area (Å²) >= 11 is 7.78. The second kappa shape index (κ2) is 7.14. The van der Waals surface area contributed by atoms with Gasteiger partial charge in [0.05, 0.1) is 22.3 Å². The van der Waals surface area contributed by atoms with Gasteiger partial charge in [-0.1, -0.05) is 35.9 Å². The molecule has 0 saturated carbocycles. The predicted octanol–water partition coefficient (Wildman–Crippen LogP) is 5.73. The van der Waals surface area contributed by atoms with Gasteiger partial charge in [0.25, 0.3) is 0 Å². The number of halogens is 1. The number of allylic oxidation sites excluding steroid dienone is 2. The topological polar surface area (TPSA) is 46.5 Å². The summed E-state index contributed by atoms with van der Waals surface area (Å²) in [7, 11) is 0. The maximum Gasteiger partial charge on any atom is 0.204 e. The molecule has 26 heavy (non-hydrogen) atoms. The highest BCUT2D eigenvalue weighted by Gasteiger charge is 2.21. The van der Waals surface area contributed by atoms with Gasteiger partial charge in [-0.15, -0.1) is 11.3 Å². The number of ether oxygens (including phenoxy) is 1. The van der Waals surface area contributed by atoms with E-state index >= 15 is 0 Å². The molecule has 0 spiro atoms. The highest BCUT2D eigenvalue weighted by Crippen LogP contribution is 2.38. The van der Waals surface area contributed by atoms with E-state index in [1.807, 2.05) is 24.3 Å². The van der Waals surface area contributed by atoms with Crippen LogP contribution in [0.5, 0.6) is 5.75 Å². The van der Waals surface area contributed by atoms with E-state index in [2.05, 4.69) is 6.08 Å². The first-order chi connectivity index (χ1) is 12.6. The quantitative estimate of drug-likeness (QED) is 0.584. The third-order valence-corrected chi connectivity index (χ3v) is 6.11. The minimum Gasteiger partial charge on any atom is -0.508 e. The lowest BCUT2D eigenvalue weighted by Crippen LogP contribution is -2.08. The summed E-state index contributed by atoms with van der Waals surface area (Å²) in [4.78, 5) is 13.7. The number of rotatable bonds is 4. The van der Waals surface area contributed by atoms with Crippen molar-refractivity contribution in [2.75, 3.05) is 6.61 Å². The maximum atomic E-state index is 13.2. The molecule has 0 aliphatic carbocycles. The molecule has 2 heterocycles. The second-order valence-corrected chi connectivity index (χ2v) is 7.68. The van der Waals surface area contributed by atoms with Crippen LogP contribution in [-0.2, 0) is 11.2 Å². The van der Waals surface area contributed by atoms with E-state index in [9.17, 15) is 9.90 Å². The van der Waals surface area contributed by atoms with Crippen LogP contribution in [0, 0.1) is 0 Å². The molecule has 0 saturated heterocycles. The summed E-state index contributed by atoms with van der Waals surface area (Å²) in [5, 5.41) is 10.9. The molecule has 1 aliphatic rings. The van der Waals surface area contributed by atoms with E-state index in [0.717, 1.165) is 40.9 Å². The second-order valence-electron chi connectivity index (χ2n) is 6.25. The molecule has 1 aliphatic heterocycles. The summed E-state index contributed by atoms with van der Waals surface area (Å²) in [5.41, 5.74) is 1.57. The van der Waals surface area contributed by atoms with Crippen molar-refractivity contribution in [3.05, 3.63) is 75.3 Å². The zero-order valence-corrected chi connectivity index (χ0v) is 15.6. The van der Waals surface area contributed by atoms with Crippen molar-refractivity contribution in [1.82, 2.24) is 0 Å². The van der Waals surface area contributed by atoms with Gasteiger partial charge in [-0.2, -0.15) is 0 Å². The lowest BCUT2D eigenvalue weighted by molar-refractivity contribution is 0.104. The van der Waals surface area contributed by atoms with Crippen LogP contribution in [0.1, 0.15) is 33.6 Å². The Balaban J connectivity index is 1.73. The van der Waals surface area contributed by atoms with Crippen LogP contribution in [0.3, 0.4) is 0 Å². The predicted molar refractivity (Wildman–Crippen MR) is 105 cm³/mol. The van der Waals surface area contributed by atoms with Crippen molar-refractivity contribution < 1.29 is 14.6 Å². The van der Waals surface area contributed by atoms with Gasteiger partial charge in [0.1, 0.15) is 5.75 Å². The number of carbonyl (C=O) groups is 1. The first-order valence-electron chi connectivity index (χ1n) is 8.49. The van der Waals surface area contributed by atoms with Crippen LogP contribution in [0.2, 0.25) is 5.02 Å². The Morgan fingerprint density at radius 1 is 1.23 bits per heavy atom. The van der Waals surface area contributed by atoms with Gasteiger partial charge >= 0.3 is 0 Å². The standard InChI is InChI=1S/C21H17ClO3S/c22-19-17-9-8-14(23)12-18(17)26-21(19)20(24)16-7-2-1-5-13(16)11-15-6-3-4-10-25-15/h1-2,5-9,12,23H,3-4,10-11H2. The first kappa shape index (κ1) is 17.1. The SMILES string of the molecule is O=C(c1ccccc1CC1=CCCCO1)c1sc2cc(O)ccc2c1Cl. The van der Waals surface area contributed by atoms with E-state index in [1.54, 1.807) is 18.2 Å². The summed E-state index contributed by atoms with van der Waals surface area (Å²) in [6, 6.07) is 12.5. The fourth-order valence-electron chi connectivity index (χ4n) is 3.14. The average molecular weight is 385 g/mol. The van der Waals surface area contributed by atoms with Crippen LogP contribution >= 0.6 is 22.9 Å². The lowest BCUT2D eigenvalue weighted by Gasteiger charge is -2.16. The number of hydrogen-bond donors (Lipinski definition) is 1. The van der Waals surface area contributed by atoms with E-state index in [-0.39, 0.29) is 11.5 Å². The Hall–Kier alpha value is -2.30. The van der Waals surface area contributed by atoms with Gasteiger partial charge in [0.15, 0.2) is 0 Å². The Morgan fingerprint density at radius 3 is 2.88 bits per heavy atom. The van der Waals surface area contributed by atoms with Crippen LogP contribution in [0.4, 0.5) is 0 Å². The third kappa shape index (κ3) is 3.22. The molecule has 0 fully saturated rings. The molecule has 0 bridgehead atoms. The lowest BCUT2D eigenvalue weighted by atomic mass is 9.98. The summed E-state index contributed by atoms with van der Waals surface area (Å²) < 4.78 is 6.51. The van der Waals surface area contributed by atoms with Gasteiger partial charge in [-0.05, 0) is 42.7 Å². The van der Waals surface area contributed by atoms with Crippen LogP contribution in [0.25, 0.3) is 10.1 Å². The number of phenolic OH excluding ortho intramolecular Hbond substituents is 1. The van der Waals surface area contributed by atoms with Crippen LogP contribution in [-0.4, -0.2) is 17.5 Å². The molecule has 0 radical (unpaired) electrons. The van der Waals surface area contributed by atoms with E-state index in [1.165, 1.54) is 11.3 Å². The van der Waals surface area contributed by atoms with E-state index in [4.69, 9.17) is 16.3 Å². The number of hydrogen-bond acceptors (Lipinski definition) is 4. The van der Waals surface area contributed by atoms with Gasteiger partial charge < -0.3 is 9.84 Å². The Bertz CT molecular complexity index is 1020. The van der Waals surface area contributed by atoms with E-state index in [0.29, 0.717) is 21.9 Å². The minimum atomic E-state index is -0.0947. The fourth-order valence-corrected chi connectivity index (χ4v) is 4.64. The highest BCUT2D eigenvalue weighted by molar-refractivity contribution is 7.21. The van der Waals surface area contributed by atoms with Crippen molar-refractivity contribution in [3.8, 4) is 5.75 Å². The molecule has 0 amide bonds. The summed E-state index contributed by atoms with van der Waals surface area (Å²) in [5.74, 6) is 0.989. The number of phenols is 1. The number of fused-ring (bicyclic) bond motifs is 1. The third-order valence-electron chi connectivity index (χ3n) is 4.45. The zero-order valence-electron chi connectivity index (χ0n) is 14.0. The van der Waals surface area contributed by atoms with Gasteiger partial charge in [0, 0.05) is 22.1 Å². The van der Waals surface area contributed by atoms with Crippen molar-refractivity contribution in [2.24, 2.45) is 0 Å². The van der Waals surface area contributed by atoms with Crippen molar-refractivity contribution in [1.29, 1.82) is 0 Å². The maximum absolute atomic E-state index is 13.2. The molecule has 5 heteroatoms. The number of ketones is 1. The average Bonchev–Trinajstić information content (AvgIpc) is 2.98. The molecule has 0 atom stereocenters. The van der Waals surface area contributed by atoms with Gasteiger partial charge in [0.2, 0.25) is 5.78 Å². The molecule has 4 rings (SSSR count). The molecule has 0 unspecified atom stereocenters. The smallest absolute Gasteiger partial charge is 0.204 e. The minimum absolute atomic E-state index is 0.0947. The normalized spacial score (nSPS) is 14.1. The molecular formula is C21H17ClO3S. The first-order valence-corrected chi connectivity index (χ1v) is 9.68. The Kier molecular flexibility index (Phi) is 4.70. The number of aromatic hydroxyl groups is 1.